The zero-order valence-corrected chi connectivity index (χ0v) is 23.1. The number of esters is 1. The summed E-state index contributed by atoms with van der Waals surface area (Å²) in [5.74, 6) is 0.0360. The molecule has 8 nitrogen and oxygen atoms in total. The Hall–Kier alpha value is -4.38. The number of hydrogen-bond donors (Lipinski definition) is 0. The second-order valence-corrected chi connectivity index (χ2v) is 9.61. The van der Waals surface area contributed by atoms with Gasteiger partial charge in [-0.1, -0.05) is 16.8 Å². The van der Waals surface area contributed by atoms with Gasteiger partial charge in [0.05, 0.1) is 25.1 Å². The maximum absolute atomic E-state index is 13.1. The molecular weight excluding hydrogens is 565 g/mol. The number of methoxy groups -OCH3 is 2. The number of nitrogens with zero attached hydrogens (tertiary/aromatic N) is 2. The van der Waals surface area contributed by atoms with E-state index in [9.17, 15) is 18.0 Å². The van der Waals surface area contributed by atoms with Crippen molar-refractivity contribution in [3.8, 4) is 28.5 Å². The van der Waals surface area contributed by atoms with Crippen LogP contribution in [0, 0.1) is 6.92 Å². The van der Waals surface area contributed by atoms with Gasteiger partial charge in [-0.25, -0.2) is 4.79 Å². The van der Waals surface area contributed by atoms with Gasteiger partial charge in [0.1, 0.15) is 22.9 Å². The molecule has 0 unspecified atom stereocenters. The summed E-state index contributed by atoms with van der Waals surface area (Å²) in [6.07, 6.45) is -5.73. The average molecular weight is 589 g/mol. The number of benzene rings is 3. The van der Waals surface area contributed by atoms with Crippen LogP contribution in [0.2, 0.25) is 5.02 Å². The zero-order valence-electron chi connectivity index (χ0n) is 22.3. The normalized spacial score (nSPS) is 12.5. The van der Waals surface area contributed by atoms with E-state index in [1.807, 2.05) is 17.6 Å². The number of ether oxygens (including phenoxy) is 4. The van der Waals surface area contributed by atoms with Crippen molar-refractivity contribution in [3.63, 3.8) is 0 Å². The lowest BCUT2D eigenvalue weighted by Gasteiger charge is -2.15. The summed E-state index contributed by atoms with van der Waals surface area (Å²) in [6.45, 7) is 3.54. The fraction of sp³-hybridized carbons (Fsp3) is 0.241. The lowest BCUT2D eigenvalue weighted by molar-refractivity contribution is -0.274. The molecule has 0 aliphatic carbocycles. The first-order valence-electron chi connectivity index (χ1n) is 12.3. The smallest absolute Gasteiger partial charge is 0.497 e. The van der Waals surface area contributed by atoms with Crippen LogP contribution in [-0.4, -0.2) is 42.4 Å². The third-order valence-electron chi connectivity index (χ3n) is 6.64. The summed E-state index contributed by atoms with van der Waals surface area (Å²) in [7, 11) is 2.80. The number of halogens is 4. The summed E-state index contributed by atoms with van der Waals surface area (Å²) in [4.78, 5) is 11.8. The molecular formula is C29H24ClF3N2O6. The number of aromatic nitrogens is 2. The van der Waals surface area contributed by atoms with Crippen molar-refractivity contribution < 1.29 is 41.4 Å². The van der Waals surface area contributed by atoms with Crippen molar-refractivity contribution in [2.45, 2.75) is 32.9 Å². The molecule has 3 aromatic carbocycles. The van der Waals surface area contributed by atoms with Crippen molar-refractivity contribution in [1.29, 1.82) is 0 Å². The molecule has 2 heterocycles. The number of rotatable bonds is 8. The summed E-state index contributed by atoms with van der Waals surface area (Å²) < 4.78 is 66.6. The second kappa shape index (κ2) is 10.9. The minimum atomic E-state index is -4.87. The molecule has 0 radical (unpaired) electrons. The van der Waals surface area contributed by atoms with E-state index in [0.717, 1.165) is 0 Å². The summed E-state index contributed by atoms with van der Waals surface area (Å²) in [5, 5.41) is 6.03. The number of fused-ring (bicyclic) bond motifs is 2. The van der Waals surface area contributed by atoms with Gasteiger partial charge in [0.15, 0.2) is 11.7 Å². The second-order valence-electron chi connectivity index (χ2n) is 9.20. The Bertz CT molecular complexity index is 1760. The molecule has 0 fully saturated rings. The third-order valence-corrected chi connectivity index (χ3v) is 7.01. The Morgan fingerprint density at radius 1 is 1.02 bits per heavy atom. The fourth-order valence-electron chi connectivity index (χ4n) is 4.72. The van der Waals surface area contributed by atoms with Crippen LogP contribution in [0.15, 0.2) is 59.1 Å². The first-order chi connectivity index (χ1) is 19.5. The highest BCUT2D eigenvalue weighted by atomic mass is 35.5. The lowest BCUT2D eigenvalue weighted by Crippen LogP contribution is -2.24. The van der Waals surface area contributed by atoms with Crippen LogP contribution in [0.3, 0.4) is 0 Å². The molecule has 0 bridgehead atoms. The number of carbonyl (C=O) groups is 1. The van der Waals surface area contributed by atoms with Gasteiger partial charge in [-0.05, 0) is 61.9 Å². The van der Waals surface area contributed by atoms with E-state index in [2.05, 4.69) is 9.89 Å². The first-order valence-corrected chi connectivity index (χ1v) is 12.7. The van der Waals surface area contributed by atoms with Crippen molar-refractivity contribution in [2.24, 2.45) is 0 Å². The van der Waals surface area contributed by atoms with Crippen molar-refractivity contribution >= 4 is 39.4 Å². The van der Waals surface area contributed by atoms with E-state index in [-0.39, 0.29) is 12.3 Å². The van der Waals surface area contributed by atoms with Gasteiger partial charge in [-0.2, -0.15) is 0 Å². The van der Waals surface area contributed by atoms with E-state index >= 15 is 0 Å². The largest absolute Gasteiger partial charge is 0.573 e. The molecule has 41 heavy (non-hydrogen) atoms. The minimum Gasteiger partial charge on any atom is -0.497 e. The Kier molecular flexibility index (Phi) is 7.48. The van der Waals surface area contributed by atoms with Crippen LogP contribution in [0.5, 0.6) is 17.2 Å². The molecule has 2 aromatic heterocycles. The molecule has 0 saturated carbocycles. The Labute approximate surface area is 237 Å². The fourth-order valence-corrected chi connectivity index (χ4v) is 4.89. The van der Waals surface area contributed by atoms with Crippen molar-refractivity contribution in [1.82, 2.24) is 9.72 Å². The van der Waals surface area contributed by atoms with Crippen LogP contribution in [0.1, 0.15) is 18.2 Å². The Morgan fingerprint density at radius 2 is 1.73 bits per heavy atom. The van der Waals surface area contributed by atoms with Crippen LogP contribution in [0.4, 0.5) is 13.2 Å². The zero-order chi connectivity index (χ0) is 29.5. The van der Waals surface area contributed by atoms with Gasteiger partial charge >= 0.3 is 12.3 Å². The predicted molar refractivity (Wildman–Crippen MR) is 146 cm³/mol. The number of hydrogen-bond acceptors (Lipinski definition) is 7. The first kappa shape index (κ1) is 28.2. The summed E-state index contributed by atoms with van der Waals surface area (Å²) in [6, 6.07) is 14.3. The highest BCUT2D eigenvalue weighted by Gasteiger charge is 2.32. The van der Waals surface area contributed by atoms with Gasteiger partial charge in [-0.3, -0.25) is 0 Å². The summed E-state index contributed by atoms with van der Waals surface area (Å²) in [5.41, 5.74) is 3.43. The van der Waals surface area contributed by atoms with Crippen LogP contribution in [-0.2, 0) is 16.1 Å². The molecule has 0 N–H and O–H groups in total. The average Bonchev–Trinajstić information content (AvgIpc) is 3.46. The SMILES string of the molecule is COC(=O)[C@@H](C)Oc1ccc(Cl)c(Cn2c(C)c(-c3noc4cc(OC)ccc34)c3ccc(OC(F)(F)F)cc32)c1. The molecule has 0 saturated heterocycles. The number of alkyl halides is 3. The number of carbonyl (C=O) groups excluding carboxylic acids is 1. The third kappa shape index (κ3) is 5.62. The molecule has 0 amide bonds. The Balaban J connectivity index is 1.65. The van der Waals surface area contributed by atoms with Gasteiger partial charge in [0.2, 0.25) is 0 Å². The molecule has 214 valence electrons. The summed E-state index contributed by atoms with van der Waals surface area (Å²) >= 11 is 6.53. The van der Waals surface area contributed by atoms with Crippen LogP contribution < -0.4 is 14.2 Å². The van der Waals surface area contributed by atoms with Gasteiger partial charge in [0, 0.05) is 40.3 Å². The minimum absolute atomic E-state index is 0.157. The molecule has 1 atom stereocenters. The van der Waals surface area contributed by atoms with Crippen LogP contribution in [0.25, 0.3) is 33.1 Å². The van der Waals surface area contributed by atoms with E-state index in [1.54, 1.807) is 43.3 Å². The van der Waals surface area contributed by atoms with E-state index in [0.29, 0.717) is 60.9 Å². The molecule has 0 aliphatic heterocycles. The highest BCUT2D eigenvalue weighted by molar-refractivity contribution is 6.31. The predicted octanol–water partition coefficient (Wildman–Crippen LogP) is 7.31. The van der Waals surface area contributed by atoms with Crippen molar-refractivity contribution in [3.05, 3.63) is 70.9 Å². The molecule has 0 spiro atoms. The molecule has 12 heteroatoms. The van der Waals surface area contributed by atoms with E-state index in [1.165, 1.54) is 26.4 Å². The molecule has 0 aliphatic rings. The van der Waals surface area contributed by atoms with Crippen LogP contribution >= 0.6 is 11.6 Å². The van der Waals surface area contributed by atoms with Gasteiger partial charge < -0.3 is 28.0 Å². The monoisotopic (exact) mass is 588 g/mol. The van der Waals surface area contributed by atoms with E-state index in [4.69, 9.17) is 30.3 Å². The van der Waals surface area contributed by atoms with E-state index < -0.39 is 18.4 Å². The standard InChI is InChI=1S/C29H24ClF3N2O6/c1-15-26(27-22-9-5-18(37-3)13-25(22)41-34-27)21-8-6-20(40-29(31,32)33)12-24(21)35(15)14-17-11-19(7-10-23(17)30)39-16(2)28(36)38-4/h5-13,16H,14H2,1-4H3/t16-/m1/s1. The van der Waals surface area contributed by atoms with Crippen molar-refractivity contribution in [2.75, 3.05) is 14.2 Å². The Morgan fingerprint density at radius 3 is 2.44 bits per heavy atom. The molecule has 5 aromatic rings. The maximum atomic E-state index is 13.1. The lowest BCUT2D eigenvalue weighted by atomic mass is 10.0. The maximum Gasteiger partial charge on any atom is 0.573 e. The quantitative estimate of drug-likeness (QED) is 0.176. The molecule has 5 rings (SSSR count). The van der Waals surface area contributed by atoms with Gasteiger partial charge in [-0.15, -0.1) is 13.2 Å². The van der Waals surface area contributed by atoms with Gasteiger partial charge in [0.25, 0.3) is 0 Å². The highest BCUT2D eigenvalue weighted by Crippen LogP contribution is 2.41. The topological polar surface area (TPSA) is 85.0 Å².